The summed E-state index contributed by atoms with van der Waals surface area (Å²) in [6.45, 7) is 7.01. The Kier molecular flexibility index (Phi) is 8.79. The molecular weight excluding hydrogens is 390 g/mol. The van der Waals surface area contributed by atoms with Crippen LogP contribution >= 0.6 is 11.3 Å². The maximum absolute atomic E-state index is 13.1. The van der Waals surface area contributed by atoms with Gasteiger partial charge in [0.2, 0.25) is 5.91 Å². The van der Waals surface area contributed by atoms with Gasteiger partial charge in [0.15, 0.2) is 5.78 Å². The van der Waals surface area contributed by atoms with Crippen LogP contribution in [0.5, 0.6) is 0 Å². The molecule has 29 heavy (non-hydrogen) atoms. The van der Waals surface area contributed by atoms with Crippen molar-refractivity contribution in [1.29, 1.82) is 0 Å². The highest BCUT2D eigenvalue weighted by Crippen LogP contribution is 2.19. The predicted molar refractivity (Wildman–Crippen MR) is 114 cm³/mol. The Balaban J connectivity index is 2.08. The second-order valence-corrected chi connectivity index (χ2v) is 9.17. The van der Waals surface area contributed by atoms with Gasteiger partial charge < -0.3 is 20.3 Å². The third-order valence-corrected chi connectivity index (χ3v) is 6.15. The van der Waals surface area contributed by atoms with Crippen molar-refractivity contribution < 1.29 is 19.1 Å². The van der Waals surface area contributed by atoms with Gasteiger partial charge in [-0.1, -0.05) is 20.8 Å². The predicted octanol–water partition coefficient (Wildman–Crippen LogP) is 1.93. The van der Waals surface area contributed by atoms with Crippen LogP contribution in [0.1, 0.15) is 44.0 Å². The molecule has 2 heterocycles. The lowest BCUT2D eigenvalue weighted by atomic mass is 9.90. The minimum absolute atomic E-state index is 0.0113. The number of carbonyl (C=O) groups excluding carboxylic acids is 3. The van der Waals surface area contributed by atoms with E-state index in [0.717, 1.165) is 6.54 Å². The molecule has 1 aromatic rings. The molecule has 1 fully saturated rings. The van der Waals surface area contributed by atoms with E-state index in [4.69, 9.17) is 4.74 Å². The second-order valence-electron chi connectivity index (χ2n) is 8.39. The summed E-state index contributed by atoms with van der Waals surface area (Å²) in [7, 11) is 3.90. The molecule has 1 aliphatic heterocycles. The molecule has 1 aliphatic rings. The second kappa shape index (κ2) is 10.8. The fourth-order valence-corrected chi connectivity index (χ4v) is 3.79. The summed E-state index contributed by atoms with van der Waals surface area (Å²) in [5, 5.41) is 9.28. The summed E-state index contributed by atoms with van der Waals surface area (Å²) in [6, 6.07) is 0.354. The Morgan fingerprint density at radius 1 is 1.31 bits per heavy atom. The highest BCUT2D eigenvalue weighted by Gasteiger charge is 2.38. The monoisotopic (exact) mass is 423 g/mol. The van der Waals surface area contributed by atoms with E-state index in [1.54, 1.807) is 11.4 Å². The Morgan fingerprint density at radius 3 is 2.62 bits per heavy atom. The van der Waals surface area contributed by atoms with E-state index in [0.29, 0.717) is 24.3 Å². The van der Waals surface area contributed by atoms with Crippen molar-refractivity contribution in [2.24, 2.45) is 11.8 Å². The standard InChI is InChI=1S/C21H33N3O4S/c1-13(2)14(3)10-16(22-20(26)15-7-9-29-12-15)21(27)23-19-17(25)11-28-18(19)6-8-24(4)5/h7,9,12-14,16,18-19H,6,8,10-11H2,1-5H3,(H,22,26)(H,23,27)/t14?,16-,18?,19?/m0/s1. The van der Waals surface area contributed by atoms with Crippen LogP contribution in [-0.2, 0) is 14.3 Å². The summed E-state index contributed by atoms with van der Waals surface area (Å²) in [5.41, 5.74) is 0.536. The quantitative estimate of drug-likeness (QED) is 0.600. The number of ether oxygens (including phenoxy) is 1. The smallest absolute Gasteiger partial charge is 0.252 e. The molecule has 1 saturated heterocycles. The van der Waals surface area contributed by atoms with Crippen molar-refractivity contribution >= 4 is 28.9 Å². The van der Waals surface area contributed by atoms with Gasteiger partial charge in [-0.05, 0) is 50.2 Å². The SMILES string of the molecule is CC(C)C(C)C[C@H](NC(=O)c1ccsc1)C(=O)NC1C(=O)COC1CCN(C)C. The highest BCUT2D eigenvalue weighted by molar-refractivity contribution is 7.08. The van der Waals surface area contributed by atoms with Gasteiger partial charge in [-0.25, -0.2) is 0 Å². The Hall–Kier alpha value is -1.77. The number of Topliss-reactive ketones (excluding diaryl/α,β-unsaturated/α-hetero) is 1. The van der Waals surface area contributed by atoms with Crippen LogP contribution in [-0.4, -0.2) is 67.9 Å². The molecule has 2 amide bonds. The lowest BCUT2D eigenvalue weighted by Crippen LogP contribution is -2.54. The van der Waals surface area contributed by atoms with Crippen molar-refractivity contribution in [1.82, 2.24) is 15.5 Å². The van der Waals surface area contributed by atoms with E-state index in [9.17, 15) is 14.4 Å². The van der Waals surface area contributed by atoms with E-state index in [-0.39, 0.29) is 36.2 Å². The summed E-state index contributed by atoms with van der Waals surface area (Å²) in [5.74, 6) is -0.136. The molecule has 4 atom stereocenters. The number of rotatable bonds is 10. The molecule has 0 aliphatic carbocycles. The van der Waals surface area contributed by atoms with Gasteiger partial charge >= 0.3 is 0 Å². The summed E-state index contributed by atoms with van der Waals surface area (Å²) in [4.78, 5) is 39.9. The molecule has 162 valence electrons. The Labute approximate surface area is 177 Å². The van der Waals surface area contributed by atoms with E-state index in [1.165, 1.54) is 11.3 Å². The zero-order valence-electron chi connectivity index (χ0n) is 17.9. The molecule has 0 aromatic carbocycles. The average Bonchev–Trinajstić information content (AvgIpc) is 3.30. The van der Waals surface area contributed by atoms with Gasteiger partial charge in [0, 0.05) is 11.9 Å². The third kappa shape index (κ3) is 6.90. The van der Waals surface area contributed by atoms with Crippen molar-refractivity contribution in [2.75, 3.05) is 27.2 Å². The normalized spacial score (nSPS) is 21.4. The number of ketones is 1. The highest BCUT2D eigenvalue weighted by atomic mass is 32.1. The first-order valence-electron chi connectivity index (χ1n) is 10.1. The maximum atomic E-state index is 13.1. The van der Waals surface area contributed by atoms with E-state index < -0.39 is 12.1 Å². The average molecular weight is 424 g/mol. The minimum Gasteiger partial charge on any atom is -0.368 e. The Bertz CT molecular complexity index is 690. The molecule has 3 unspecified atom stereocenters. The van der Waals surface area contributed by atoms with Crippen LogP contribution in [0.4, 0.5) is 0 Å². The van der Waals surface area contributed by atoms with Gasteiger partial charge in [0.1, 0.15) is 18.7 Å². The molecule has 0 bridgehead atoms. The topological polar surface area (TPSA) is 87.7 Å². The minimum atomic E-state index is -0.706. The van der Waals surface area contributed by atoms with Crippen LogP contribution < -0.4 is 10.6 Å². The third-order valence-electron chi connectivity index (χ3n) is 5.47. The maximum Gasteiger partial charge on any atom is 0.252 e. The number of amides is 2. The van der Waals surface area contributed by atoms with Crippen molar-refractivity contribution in [3.05, 3.63) is 22.4 Å². The van der Waals surface area contributed by atoms with E-state index in [1.807, 2.05) is 24.4 Å². The summed E-state index contributed by atoms with van der Waals surface area (Å²) in [6.07, 6.45) is 0.811. The molecular formula is C21H33N3O4S. The van der Waals surface area contributed by atoms with Gasteiger partial charge in [-0.2, -0.15) is 11.3 Å². The van der Waals surface area contributed by atoms with Crippen LogP contribution in [0, 0.1) is 11.8 Å². The van der Waals surface area contributed by atoms with E-state index in [2.05, 4.69) is 31.4 Å². The largest absolute Gasteiger partial charge is 0.368 e. The molecule has 0 spiro atoms. The van der Waals surface area contributed by atoms with E-state index >= 15 is 0 Å². The summed E-state index contributed by atoms with van der Waals surface area (Å²) < 4.78 is 5.59. The van der Waals surface area contributed by atoms with Crippen molar-refractivity contribution in [2.45, 2.75) is 51.8 Å². The zero-order valence-corrected chi connectivity index (χ0v) is 18.8. The molecule has 0 saturated carbocycles. The van der Waals surface area contributed by atoms with Crippen LogP contribution in [0.3, 0.4) is 0 Å². The van der Waals surface area contributed by atoms with Crippen molar-refractivity contribution in [3.63, 3.8) is 0 Å². The van der Waals surface area contributed by atoms with Gasteiger partial charge in [-0.15, -0.1) is 0 Å². The molecule has 1 aromatic heterocycles. The zero-order chi connectivity index (χ0) is 21.6. The molecule has 7 nitrogen and oxygen atoms in total. The number of nitrogens with one attached hydrogen (secondary N) is 2. The fraction of sp³-hybridized carbons (Fsp3) is 0.667. The first-order chi connectivity index (χ1) is 13.7. The molecule has 8 heteroatoms. The van der Waals surface area contributed by atoms with Crippen molar-refractivity contribution in [3.8, 4) is 0 Å². The van der Waals surface area contributed by atoms with Gasteiger partial charge in [-0.3, -0.25) is 14.4 Å². The number of thiophene rings is 1. The number of nitrogens with zero attached hydrogens (tertiary/aromatic N) is 1. The lowest BCUT2D eigenvalue weighted by molar-refractivity contribution is -0.128. The number of hydrogen-bond donors (Lipinski definition) is 2. The number of hydrogen-bond acceptors (Lipinski definition) is 6. The lowest BCUT2D eigenvalue weighted by Gasteiger charge is -2.26. The van der Waals surface area contributed by atoms with Crippen LogP contribution in [0.15, 0.2) is 16.8 Å². The first kappa shape index (κ1) is 23.5. The summed E-state index contributed by atoms with van der Waals surface area (Å²) >= 11 is 1.43. The molecule has 2 N–H and O–H groups in total. The van der Waals surface area contributed by atoms with Crippen LogP contribution in [0.2, 0.25) is 0 Å². The number of carbonyl (C=O) groups is 3. The molecule has 2 rings (SSSR count). The first-order valence-corrected chi connectivity index (χ1v) is 11.1. The fourth-order valence-electron chi connectivity index (χ4n) is 3.16. The van der Waals surface area contributed by atoms with Crippen LogP contribution in [0.25, 0.3) is 0 Å². The van der Waals surface area contributed by atoms with Gasteiger partial charge in [0.05, 0.1) is 11.7 Å². The molecule has 0 radical (unpaired) electrons. The van der Waals surface area contributed by atoms with Gasteiger partial charge in [0.25, 0.3) is 5.91 Å². The Morgan fingerprint density at radius 2 is 2.03 bits per heavy atom.